The molecule has 7 rings (SSSR count). The second kappa shape index (κ2) is 9.15. The predicted molar refractivity (Wildman–Crippen MR) is 132 cm³/mol. The molecule has 4 saturated heterocycles. The number of rotatable bonds is 4. The van der Waals surface area contributed by atoms with Crippen LogP contribution in [0.25, 0.3) is 0 Å². The maximum absolute atomic E-state index is 14.1. The molecule has 1 N–H and O–H groups in total. The molecule has 0 unspecified atom stereocenters. The maximum Gasteiger partial charge on any atom is 0.434 e. The minimum Gasteiger partial charge on any atom is -0.367 e. The normalized spacial score (nSPS) is 27.2. The molecule has 0 radical (unpaired) electrons. The van der Waals surface area contributed by atoms with Gasteiger partial charge in [-0.05, 0) is 32.1 Å². The highest BCUT2D eigenvalue weighted by Gasteiger charge is 2.45. The minimum atomic E-state index is -4.68. The van der Waals surface area contributed by atoms with Gasteiger partial charge in [0.25, 0.3) is 0 Å². The minimum absolute atomic E-state index is 0.140. The molecule has 7 nitrogen and oxygen atoms in total. The molecule has 6 heterocycles. The number of nitriles is 1. The van der Waals surface area contributed by atoms with Crippen molar-refractivity contribution in [3.05, 3.63) is 33.4 Å². The third-order valence-electron chi connectivity index (χ3n) is 8.49. The second-order valence-corrected chi connectivity index (χ2v) is 11.4. The zero-order valence-electron chi connectivity index (χ0n) is 20.3. The number of halogens is 3. The van der Waals surface area contributed by atoms with Crippen molar-refractivity contribution >= 4 is 22.8 Å². The molecule has 192 valence electrons. The van der Waals surface area contributed by atoms with E-state index in [1.807, 2.05) is 23.4 Å². The molecule has 3 atom stereocenters. The highest BCUT2D eigenvalue weighted by molar-refractivity contribution is 7.09. The van der Waals surface area contributed by atoms with Crippen molar-refractivity contribution in [2.75, 3.05) is 55.6 Å². The van der Waals surface area contributed by atoms with E-state index >= 15 is 0 Å². The van der Waals surface area contributed by atoms with Crippen molar-refractivity contribution in [2.24, 2.45) is 5.92 Å². The van der Waals surface area contributed by atoms with Gasteiger partial charge in [0, 0.05) is 74.8 Å². The van der Waals surface area contributed by atoms with E-state index in [-0.39, 0.29) is 11.6 Å². The number of thiazole rings is 1. The number of anilines is 2. The van der Waals surface area contributed by atoms with E-state index in [2.05, 4.69) is 25.1 Å². The second-order valence-electron chi connectivity index (χ2n) is 10.5. The molecule has 2 bridgehead atoms. The fraction of sp³-hybridized carbons (Fsp3) is 0.640. The van der Waals surface area contributed by atoms with Gasteiger partial charge in [-0.2, -0.15) is 18.4 Å². The van der Waals surface area contributed by atoms with E-state index in [4.69, 9.17) is 0 Å². The van der Waals surface area contributed by atoms with Crippen LogP contribution in [0.2, 0.25) is 0 Å². The molecule has 0 spiro atoms. The number of piperidine rings is 2. The van der Waals surface area contributed by atoms with Gasteiger partial charge in [0.05, 0.1) is 16.9 Å². The van der Waals surface area contributed by atoms with Crippen molar-refractivity contribution in [3.63, 3.8) is 0 Å². The Morgan fingerprint density at radius 2 is 1.92 bits per heavy atom. The lowest BCUT2D eigenvalue weighted by Gasteiger charge is -2.51. The van der Waals surface area contributed by atoms with Gasteiger partial charge in [-0.3, -0.25) is 4.90 Å². The first kappa shape index (κ1) is 23.9. The van der Waals surface area contributed by atoms with E-state index < -0.39 is 11.9 Å². The Hall–Kier alpha value is -2.42. The number of piperazine rings is 1. The van der Waals surface area contributed by atoms with Crippen molar-refractivity contribution in [3.8, 4) is 6.07 Å². The van der Waals surface area contributed by atoms with Gasteiger partial charge < -0.3 is 15.1 Å². The Bertz CT molecular complexity index is 1160. The predicted octanol–water partition coefficient (Wildman–Crippen LogP) is 3.60. The summed E-state index contributed by atoms with van der Waals surface area (Å²) in [6.45, 7) is 7.73. The molecule has 1 saturated carbocycles. The molecule has 5 aliphatic rings. The molecule has 4 aliphatic heterocycles. The van der Waals surface area contributed by atoms with Crippen LogP contribution in [0.5, 0.6) is 0 Å². The summed E-state index contributed by atoms with van der Waals surface area (Å²) in [7, 11) is 0. The maximum atomic E-state index is 14.1. The lowest BCUT2D eigenvalue weighted by atomic mass is 9.71. The van der Waals surface area contributed by atoms with Gasteiger partial charge in [0.2, 0.25) is 0 Å². The zero-order valence-corrected chi connectivity index (χ0v) is 21.1. The Balaban J connectivity index is 1.30. The summed E-state index contributed by atoms with van der Waals surface area (Å²) < 4.78 is 42.4. The number of fused-ring (bicyclic) bond motifs is 3. The first-order valence-corrected chi connectivity index (χ1v) is 13.6. The van der Waals surface area contributed by atoms with Crippen LogP contribution in [-0.2, 0) is 6.18 Å². The van der Waals surface area contributed by atoms with Gasteiger partial charge in [0.15, 0.2) is 5.69 Å². The fourth-order valence-electron chi connectivity index (χ4n) is 6.54. The standard InChI is InChI=1S/C25H30F3N7S/c1-15-23(36-14-31-15)19-8-17-3-2-16(19)11-35(17)22-9-21(20(10-29)24(32-22)25(26,27)28)34-12-18(13-34)33-6-4-30-5-7-33/h9,14,16-19,30H,2-8,11-13H2,1H3/t16-,17-,19+/m1/s1. The summed E-state index contributed by atoms with van der Waals surface area (Å²) in [6, 6.07) is 4.03. The first-order valence-electron chi connectivity index (χ1n) is 12.7. The van der Waals surface area contributed by atoms with E-state index in [0.717, 1.165) is 51.1 Å². The number of nitrogens with zero attached hydrogens (tertiary/aromatic N) is 6. The van der Waals surface area contributed by atoms with Gasteiger partial charge in [-0.1, -0.05) is 0 Å². The van der Waals surface area contributed by atoms with E-state index in [1.165, 1.54) is 4.88 Å². The topological polar surface area (TPSA) is 71.3 Å². The number of aromatic nitrogens is 2. The number of pyridine rings is 1. The quantitative estimate of drug-likeness (QED) is 0.665. The van der Waals surface area contributed by atoms with Gasteiger partial charge in [-0.25, -0.2) is 9.97 Å². The van der Waals surface area contributed by atoms with Crippen molar-refractivity contribution in [1.82, 2.24) is 20.2 Å². The third kappa shape index (κ3) is 4.13. The SMILES string of the molecule is Cc1ncsc1[C@H]1C[C@H]2CC[C@@H]1CN2c1cc(N2CC(N3CCNCC3)C2)c(C#N)c(C(F)(F)F)n1. The molecule has 11 heteroatoms. The summed E-state index contributed by atoms with van der Waals surface area (Å²) in [6.07, 6.45) is -1.76. The molecule has 36 heavy (non-hydrogen) atoms. The molecular formula is C25H30F3N7S. The van der Waals surface area contributed by atoms with E-state index in [1.54, 1.807) is 17.4 Å². The van der Waals surface area contributed by atoms with Crippen molar-refractivity contribution in [1.29, 1.82) is 5.26 Å². The van der Waals surface area contributed by atoms with Crippen LogP contribution in [0, 0.1) is 24.2 Å². The van der Waals surface area contributed by atoms with Crippen LogP contribution in [0.15, 0.2) is 11.6 Å². The summed E-state index contributed by atoms with van der Waals surface area (Å²) in [5, 5.41) is 13.1. The van der Waals surface area contributed by atoms with Crippen LogP contribution in [0.3, 0.4) is 0 Å². The van der Waals surface area contributed by atoms with Crippen LogP contribution in [-0.4, -0.2) is 72.8 Å². The van der Waals surface area contributed by atoms with Gasteiger partial charge in [0.1, 0.15) is 17.5 Å². The average Bonchev–Trinajstić information content (AvgIpc) is 3.28. The van der Waals surface area contributed by atoms with Crippen LogP contribution >= 0.6 is 11.3 Å². The fourth-order valence-corrected chi connectivity index (χ4v) is 7.55. The first-order chi connectivity index (χ1) is 17.3. The largest absolute Gasteiger partial charge is 0.434 e. The lowest BCUT2D eigenvalue weighted by Crippen LogP contribution is -2.63. The summed E-state index contributed by atoms with van der Waals surface area (Å²) >= 11 is 1.69. The van der Waals surface area contributed by atoms with Crippen LogP contribution in [0.1, 0.15) is 47.0 Å². The van der Waals surface area contributed by atoms with Crippen molar-refractivity contribution < 1.29 is 13.2 Å². The summed E-state index contributed by atoms with van der Waals surface area (Å²) in [5.41, 5.74) is 1.91. The van der Waals surface area contributed by atoms with Gasteiger partial charge >= 0.3 is 6.18 Å². The lowest BCUT2D eigenvalue weighted by molar-refractivity contribution is -0.141. The smallest absolute Gasteiger partial charge is 0.367 e. The Morgan fingerprint density at radius 1 is 1.14 bits per heavy atom. The zero-order chi connectivity index (χ0) is 25.0. The molecule has 2 aromatic heterocycles. The Kier molecular flexibility index (Phi) is 6.09. The Labute approximate surface area is 212 Å². The number of aryl methyl sites for hydroxylation is 1. The van der Waals surface area contributed by atoms with Crippen molar-refractivity contribution in [2.45, 2.75) is 50.4 Å². The number of hydrogen-bond acceptors (Lipinski definition) is 8. The molecule has 2 aromatic rings. The molecule has 0 amide bonds. The molecule has 0 aromatic carbocycles. The van der Waals surface area contributed by atoms with Crippen LogP contribution in [0.4, 0.5) is 24.7 Å². The molecule has 1 aliphatic carbocycles. The molecular weight excluding hydrogens is 487 g/mol. The number of alkyl halides is 3. The highest BCUT2D eigenvalue weighted by atomic mass is 32.1. The third-order valence-corrected chi connectivity index (χ3v) is 9.55. The monoisotopic (exact) mass is 517 g/mol. The van der Waals surface area contributed by atoms with Crippen LogP contribution < -0.4 is 15.1 Å². The number of hydrogen-bond donors (Lipinski definition) is 1. The average molecular weight is 518 g/mol. The highest BCUT2D eigenvalue weighted by Crippen LogP contribution is 2.49. The molecule has 5 fully saturated rings. The van der Waals surface area contributed by atoms with E-state index in [0.29, 0.717) is 49.0 Å². The van der Waals surface area contributed by atoms with Gasteiger partial charge in [-0.15, -0.1) is 11.3 Å². The number of nitrogens with one attached hydrogen (secondary N) is 1. The Morgan fingerprint density at radius 3 is 2.53 bits per heavy atom. The van der Waals surface area contributed by atoms with E-state index in [9.17, 15) is 18.4 Å². The summed E-state index contributed by atoms with van der Waals surface area (Å²) in [4.78, 5) is 16.2. The summed E-state index contributed by atoms with van der Waals surface area (Å²) in [5.74, 6) is 1.13.